The summed E-state index contributed by atoms with van der Waals surface area (Å²) in [5.74, 6) is 0. The summed E-state index contributed by atoms with van der Waals surface area (Å²) in [7, 11) is 0. The lowest BCUT2D eigenvalue weighted by Crippen LogP contribution is -2.25. The predicted octanol–water partition coefficient (Wildman–Crippen LogP) is 13.5. The fourth-order valence-corrected chi connectivity index (χ4v) is 5.96. The van der Waals surface area contributed by atoms with Crippen molar-refractivity contribution in [2.24, 2.45) is 0 Å². The summed E-state index contributed by atoms with van der Waals surface area (Å²) in [6.45, 7) is 21.2. The maximum atomic E-state index is 4.18. The highest BCUT2D eigenvalue weighted by Crippen LogP contribution is 2.47. The Labute approximate surface area is 284 Å². The molecule has 47 heavy (non-hydrogen) atoms. The Morgan fingerprint density at radius 1 is 0.830 bits per heavy atom. The Morgan fingerprint density at radius 3 is 2.26 bits per heavy atom. The van der Waals surface area contributed by atoms with Crippen LogP contribution in [0.3, 0.4) is 0 Å². The monoisotopic (exact) mass is 615 g/mol. The van der Waals surface area contributed by atoms with Crippen molar-refractivity contribution in [1.29, 1.82) is 0 Å². The summed E-state index contributed by atoms with van der Waals surface area (Å²) in [6.07, 6.45) is 25.4. The zero-order valence-corrected chi connectivity index (χ0v) is 29.1. The number of hydrogen-bond acceptors (Lipinski definition) is 1. The molecule has 238 valence electrons. The van der Waals surface area contributed by atoms with Crippen LogP contribution in [0.25, 0.3) is 16.8 Å². The fourth-order valence-electron chi connectivity index (χ4n) is 5.96. The van der Waals surface area contributed by atoms with E-state index in [9.17, 15) is 0 Å². The van der Waals surface area contributed by atoms with Gasteiger partial charge in [0.2, 0.25) is 0 Å². The molecule has 0 atom stereocenters. The normalized spacial score (nSPS) is 15.6. The number of benzene rings is 3. The van der Waals surface area contributed by atoms with E-state index < -0.39 is 0 Å². The molecule has 0 fully saturated rings. The van der Waals surface area contributed by atoms with E-state index in [1.54, 1.807) is 0 Å². The minimum atomic E-state index is 1.09. The SMILES string of the molecule is C=C\C=C/C=C(\C=C(C)\C(=C/C=C\C)c1ccc(/C(C=C)=C/C=C2/c3ccccc3N2c2ccccc2)cc1C)C(/C)=C(/C)CCC. The lowest BCUT2D eigenvalue weighted by molar-refractivity contribution is 0.893. The first-order chi connectivity index (χ1) is 22.8. The number of para-hydroxylation sites is 2. The van der Waals surface area contributed by atoms with Crippen LogP contribution in [0.1, 0.15) is 69.7 Å². The summed E-state index contributed by atoms with van der Waals surface area (Å²) in [6, 6.07) is 25.8. The molecular formula is C46H49N. The first-order valence-corrected chi connectivity index (χ1v) is 16.6. The molecule has 1 heterocycles. The van der Waals surface area contributed by atoms with Gasteiger partial charge in [0, 0.05) is 11.3 Å². The molecule has 0 aromatic heterocycles. The van der Waals surface area contributed by atoms with Crippen molar-refractivity contribution in [3.05, 3.63) is 197 Å². The predicted molar refractivity (Wildman–Crippen MR) is 210 cm³/mol. The molecule has 4 rings (SSSR count). The van der Waals surface area contributed by atoms with Crippen molar-refractivity contribution in [2.75, 3.05) is 4.90 Å². The fraction of sp³-hybridized carbons (Fsp3) is 0.174. The maximum Gasteiger partial charge on any atom is 0.0555 e. The molecule has 3 aromatic rings. The van der Waals surface area contributed by atoms with Gasteiger partial charge >= 0.3 is 0 Å². The molecule has 0 N–H and O–H groups in total. The third-order valence-corrected chi connectivity index (χ3v) is 8.64. The second-order valence-electron chi connectivity index (χ2n) is 11.9. The van der Waals surface area contributed by atoms with Crippen LogP contribution in [0, 0.1) is 6.92 Å². The number of aryl methyl sites for hydroxylation is 1. The highest BCUT2D eigenvalue weighted by atomic mass is 15.2. The van der Waals surface area contributed by atoms with Crippen molar-refractivity contribution in [3.8, 4) is 0 Å². The van der Waals surface area contributed by atoms with Crippen LogP contribution in [-0.4, -0.2) is 0 Å². The average molecular weight is 616 g/mol. The Morgan fingerprint density at radius 2 is 1.57 bits per heavy atom. The van der Waals surface area contributed by atoms with Gasteiger partial charge in [-0.1, -0.05) is 147 Å². The molecule has 0 radical (unpaired) electrons. The Hall–Kier alpha value is -5.14. The molecule has 0 bridgehead atoms. The molecule has 1 nitrogen and oxygen atoms in total. The van der Waals surface area contributed by atoms with Gasteiger partial charge in [-0.05, 0) is 110 Å². The molecule has 1 aliphatic rings. The van der Waals surface area contributed by atoms with Gasteiger partial charge in [0.25, 0.3) is 0 Å². The Balaban J connectivity index is 1.72. The molecule has 1 aliphatic heterocycles. The molecule has 0 amide bonds. The number of allylic oxidation sites excluding steroid dienone is 17. The lowest BCUT2D eigenvalue weighted by Gasteiger charge is -2.38. The average Bonchev–Trinajstić information content (AvgIpc) is 3.07. The van der Waals surface area contributed by atoms with Gasteiger partial charge in [-0.25, -0.2) is 0 Å². The van der Waals surface area contributed by atoms with Gasteiger partial charge in [0.05, 0.1) is 11.4 Å². The summed E-state index contributed by atoms with van der Waals surface area (Å²) in [5, 5.41) is 0. The molecule has 0 saturated carbocycles. The number of anilines is 2. The second-order valence-corrected chi connectivity index (χ2v) is 11.9. The smallest absolute Gasteiger partial charge is 0.0555 e. The Bertz CT molecular complexity index is 1840. The zero-order chi connectivity index (χ0) is 33.8. The topological polar surface area (TPSA) is 3.24 Å². The van der Waals surface area contributed by atoms with Crippen LogP contribution >= 0.6 is 0 Å². The van der Waals surface area contributed by atoms with Crippen LogP contribution < -0.4 is 4.90 Å². The third-order valence-electron chi connectivity index (χ3n) is 8.64. The minimum Gasteiger partial charge on any atom is -0.309 e. The zero-order valence-electron chi connectivity index (χ0n) is 29.1. The standard InChI is InChI=1S/C46H49N/c1-9-13-16-22-39(37(8)34(5)21-11-3)32-35(6)42(25-14-10-2)43-30-28-40(33-36(43)7)38(12-4)29-31-46-44-26-19-20-27-45(44)47(46)41-23-17-15-18-24-41/h9-10,12-20,22-33H,1,4,11,21H2,2-3,5-8H3/b14-10-,16-13-,35-32+,37-34-,38-29+,39-22+,42-25+,46-31-. The summed E-state index contributed by atoms with van der Waals surface area (Å²) < 4.78 is 0. The molecular weight excluding hydrogens is 567 g/mol. The summed E-state index contributed by atoms with van der Waals surface area (Å²) >= 11 is 0. The first-order valence-electron chi connectivity index (χ1n) is 16.6. The van der Waals surface area contributed by atoms with E-state index in [-0.39, 0.29) is 0 Å². The number of fused-ring (bicyclic) bond motifs is 1. The van der Waals surface area contributed by atoms with Gasteiger partial charge in [0.15, 0.2) is 0 Å². The number of nitrogens with zero attached hydrogens (tertiary/aromatic N) is 1. The van der Waals surface area contributed by atoms with Gasteiger partial charge in [-0.15, -0.1) is 0 Å². The molecule has 3 aromatic carbocycles. The maximum absolute atomic E-state index is 4.18. The largest absolute Gasteiger partial charge is 0.309 e. The van der Waals surface area contributed by atoms with E-state index in [1.165, 1.54) is 55.9 Å². The highest BCUT2D eigenvalue weighted by molar-refractivity contribution is 6.03. The lowest BCUT2D eigenvalue weighted by atomic mass is 9.89. The third kappa shape index (κ3) is 8.37. The van der Waals surface area contributed by atoms with E-state index in [0.717, 1.165) is 29.7 Å². The van der Waals surface area contributed by atoms with Crippen molar-refractivity contribution in [3.63, 3.8) is 0 Å². The van der Waals surface area contributed by atoms with Crippen molar-refractivity contribution in [2.45, 2.75) is 54.4 Å². The molecule has 1 heteroatoms. The first kappa shape index (κ1) is 34.7. The van der Waals surface area contributed by atoms with Gasteiger partial charge in [0.1, 0.15) is 0 Å². The highest BCUT2D eigenvalue weighted by Gasteiger charge is 2.29. The molecule has 0 spiro atoms. The second kappa shape index (κ2) is 17.0. The van der Waals surface area contributed by atoms with Crippen molar-refractivity contribution < 1.29 is 0 Å². The van der Waals surface area contributed by atoms with E-state index >= 15 is 0 Å². The Kier molecular flexibility index (Phi) is 12.5. The molecule has 0 saturated heterocycles. The minimum absolute atomic E-state index is 1.09. The van der Waals surface area contributed by atoms with E-state index in [4.69, 9.17) is 0 Å². The number of hydrogen-bond donors (Lipinski definition) is 0. The molecule has 0 unspecified atom stereocenters. The number of rotatable bonds is 13. The van der Waals surface area contributed by atoms with Crippen LogP contribution in [0.2, 0.25) is 0 Å². The van der Waals surface area contributed by atoms with Gasteiger partial charge in [-0.3, -0.25) is 0 Å². The summed E-state index contributed by atoms with van der Waals surface area (Å²) in [4.78, 5) is 2.31. The van der Waals surface area contributed by atoms with Gasteiger partial charge in [-0.2, -0.15) is 0 Å². The van der Waals surface area contributed by atoms with E-state index in [0.29, 0.717) is 0 Å². The van der Waals surface area contributed by atoms with Gasteiger partial charge < -0.3 is 4.90 Å². The van der Waals surface area contributed by atoms with Crippen LogP contribution in [-0.2, 0) is 0 Å². The quantitative estimate of drug-likeness (QED) is 0.173. The van der Waals surface area contributed by atoms with E-state index in [1.807, 2.05) is 18.2 Å². The van der Waals surface area contributed by atoms with Crippen LogP contribution in [0.4, 0.5) is 11.4 Å². The van der Waals surface area contributed by atoms with Crippen molar-refractivity contribution in [1.82, 2.24) is 0 Å². The van der Waals surface area contributed by atoms with Crippen LogP contribution in [0.15, 0.2) is 175 Å². The summed E-state index contributed by atoms with van der Waals surface area (Å²) in [5.41, 5.74) is 15.9. The van der Waals surface area contributed by atoms with Crippen molar-refractivity contribution >= 4 is 28.2 Å². The van der Waals surface area contributed by atoms with E-state index in [2.05, 4.69) is 181 Å². The molecule has 0 aliphatic carbocycles. The van der Waals surface area contributed by atoms with Crippen LogP contribution in [0.5, 0.6) is 0 Å².